The Balaban J connectivity index is 3.25. The lowest BCUT2D eigenvalue weighted by Crippen LogP contribution is -2.03. The molecule has 0 bridgehead atoms. The molecule has 1 aromatic carbocycles. The number of nitrogens with two attached hydrogens (primary N) is 1. The molecule has 8 nitrogen and oxygen atoms in total. The van der Waals surface area contributed by atoms with E-state index in [1.807, 2.05) is 6.92 Å². The fourth-order valence-corrected chi connectivity index (χ4v) is 1.20. The molecule has 0 atom stereocenters. The lowest BCUT2D eigenvalue weighted by molar-refractivity contribution is -0.394. The number of hydrogen-bond donors (Lipinski definition) is 1. The summed E-state index contributed by atoms with van der Waals surface area (Å²) in [5.41, 5.74) is 4.30. The van der Waals surface area contributed by atoms with Gasteiger partial charge in [-0.3, -0.25) is 20.2 Å². The number of anilines is 1. The van der Waals surface area contributed by atoms with Crippen LogP contribution in [0.5, 0.6) is 5.75 Å². The zero-order chi connectivity index (χ0) is 13.0. The van der Waals surface area contributed by atoms with Crippen LogP contribution in [0.3, 0.4) is 0 Å². The molecule has 0 aromatic heterocycles. The highest BCUT2D eigenvalue weighted by Crippen LogP contribution is 2.35. The monoisotopic (exact) mass is 241 g/mol. The molecule has 17 heavy (non-hydrogen) atoms. The minimum atomic E-state index is -0.772. The van der Waals surface area contributed by atoms with E-state index >= 15 is 0 Å². The first-order valence-electron chi connectivity index (χ1n) is 4.82. The molecule has 0 radical (unpaired) electrons. The maximum absolute atomic E-state index is 10.7. The lowest BCUT2D eigenvalue weighted by Gasteiger charge is -2.06. The van der Waals surface area contributed by atoms with Crippen molar-refractivity contribution < 1.29 is 14.6 Å². The first kappa shape index (κ1) is 12.7. The first-order chi connectivity index (χ1) is 7.97. The molecule has 0 spiro atoms. The van der Waals surface area contributed by atoms with Crippen LogP contribution in [0.1, 0.15) is 13.3 Å². The molecule has 0 saturated heterocycles. The third-order valence-corrected chi connectivity index (χ3v) is 1.96. The molecule has 0 fully saturated rings. The Morgan fingerprint density at radius 3 is 2.29 bits per heavy atom. The van der Waals surface area contributed by atoms with E-state index < -0.39 is 21.2 Å². The fraction of sp³-hybridized carbons (Fsp3) is 0.333. The van der Waals surface area contributed by atoms with E-state index in [4.69, 9.17) is 10.5 Å². The number of hydrogen-bond acceptors (Lipinski definition) is 6. The van der Waals surface area contributed by atoms with Crippen molar-refractivity contribution in [2.24, 2.45) is 0 Å². The Morgan fingerprint density at radius 2 is 1.82 bits per heavy atom. The molecule has 0 unspecified atom stereocenters. The second-order valence-electron chi connectivity index (χ2n) is 3.24. The average Bonchev–Trinajstić information content (AvgIpc) is 2.25. The summed E-state index contributed by atoms with van der Waals surface area (Å²) in [5.74, 6) is -0.0556. The van der Waals surface area contributed by atoms with Gasteiger partial charge in [-0.2, -0.15) is 0 Å². The Bertz CT molecular complexity index is 460. The molecule has 92 valence electrons. The topological polar surface area (TPSA) is 122 Å². The van der Waals surface area contributed by atoms with Crippen LogP contribution >= 0.6 is 0 Å². The van der Waals surface area contributed by atoms with Crippen LogP contribution in [0.25, 0.3) is 0 Å². The predicted octanol–water partition coefficient (Wildman–Crippen LogP) is 1.87. The maximum Gasteiger partial charge on any atom is 0.317 e. The SMILES string of the molecule is CCCOc1cc(N)c([N+](=O)[O-])cc1[N+](=O)[O-]. The van der Waals surface area contributed by atoms with Gasteiger partial charge < -0.3 is 10.5 Å². The van der Waals surface area contributed by atoms with Crippen molar-refractivity contribution in [3.05, 3.63) is 32.4 Å². The summed E-state index contributed by atoms with van der Waals surface area (Å²) in [6.07, 6.45) is 0.661. The van der Waals surface area contributed by atoms with Crippen molar-refractivity contribution >= 4 is 17.1 Å². The van der Waals surface area contributed by atoms with Crippen molar-refractivity contribution in [2.75, 3.05) is 12.3 Å². The molecule has 2 N–H and O–H groups in total. The Labute approximate surface area is 96.3 Å². The van der Waals surface area contributed by atoms with Crippen molar-refractivity contribution in [2.45, 2.75) is 13.3 Å². The molecular weight excluding hydrogens is 230 g/mol. The van der Waals surface area contributed by atoms with E-state index in [1.54, 1.807) is 0 Å². The van der Waals surface area contributed by atoms with Crippen molar-refractivity contribution in [3.63, 3.8) is 0 Å². The van der Waals surface area contributed by atoms with Gasteiger partial charge in [0.1, 0.15) is 5.69 Å². The highest BCUT2D eigenvalue weighted by molar-refractivity contribution is 5.68. The molecule has 0 amide bonds. The molecule has 0 aliphatic heterocycles. The third-order valence-electron chi connectivity index (χ3n) is 1.96. The number of rotatable bonds is 5. The largest absolute Gasteiger partial charge is 0.487 e. The minimum absolute atomic E-state index is 0.0556. The van der Waals surface area contributed by atoms with E-state index in [2.05, 4.69) is 0 Å². The van der Waals surface area contributed by atoms with E-state index in [0.29, 0.717) is 6.42 Å². The van der Waals surface area contributed by atoms with Gasteiger partial charge in [0.25, 0.3) is 5.69 Å². The van der Waals surface area contributed by atoms with Crippen LogP contribution < -0.4 is 10.5 Å². The van der Waals surface area contributed by atoms with E-state index in [9.17, 15) is 20.2 Å². The van der Waals surface area contributed by atoms with Gasteiger partial charge in [0.05, 0.1) is 22.5 Å². The minimum Gasteiger partial charge on any atom is -0.487 e. The second kappa shape index (κ2) is 5.10. The van der Waals surface area contributed by atoms with Gasteiger partial charge in [0, 0.05) is 6.07 Å². The van der Waals surface area contributed by atoms with Gasteiger partial charge in [0.15, 0.2) is 5.75 Å². The van der Waals surface area contributed by atoms with Crippen LogP contribution in [0.4, 0.5) is 17.1 Å². The molecule has 8 heteroatoms. The summed E-state index contributed by atoms with van der Waals surface area (Å²) < 4.78 is 5.12. The number of nitrogen functional groups attached to an aromatic ring is 1. The van der Waals surface area contributed by atoms with Gasteiger partial charge in [-0.1, -0.05) is 6.92 Å². The van der Waals surface area contributed by atoms with Gasteiger partial charge in [-0.25, -0.2) is 0 Å². The maximum atomic E-state index is 10.7. The average molecular weight is 241 g/mol. The second-order valence-corrected chi connectivity index (χ2v) is 3.24. The quantitative estimate of drug-likeness (QED) is 0.477. The highest BCUT2D eigenvalue weighted by atomic mass is 16.6. The van der Waals surface area contributed by atoms with Gasteiger partial charge in [-0.15, -0.1) is 0 Å². The highest BCUT2D eigenvalue weighted by Gasteiger charge is 2.24. The Kier molecular flexibility index (Phi) is 3.81. The van der Waals surface area contributed by atoms with Gasteiger partial charge in [0.2, 0.25) is 0 Å². The van der Waals surface area contributed by atoms with Crippen LogP contribution in [-0.4, -0.2) is 16.5 Å². The lowest BCUT2D eigenvalue weighted by atomic mass is 10.2. The van der Waals surface area contributed by atoms with E-state index in [-0.39, 0.29) is 18.0 Å². The zero-order valence-corrected chi connectivity index (χ0v) is 9.08. The van der Waals surface area contributed by atoms with Crippen molar-refractivity contribution in [3.8, 4) is 5.75 Å². The molecule has 1 aromatic rings. The predicted molar refractivity (Wildman–Crippen MR) is 59.9 cm³/mol. The van der Waals surface area contributed by atoms with Crippen LogP contribution in [0.2, 0.25) is 0 Å². The van der Waals surface area contributed by atoms with E-state index in [1.165, 1.54) is 0 Å². The van der Waals surface area contributed by atoms with Crippen molar-refractivity contribution in [1.29, 1.82) is 0 Å². The molecular formula is C9H11N3O5. The zero-order valence-electron chi connectivity index (χ0n) is 9.08. The third kappa shape index (κ3) is 2.80. The van der Waals surface area contributed by atoms with E-state index in [0.717, 1.165) is 12.1 Å². The summed E-state index contributed by atoms with van der Waals surface area (Å²) in [6.45, 7) is 2.11. The summed E-state index contributed by atoms with van der Waals surface area (Å²) >= 11 is 0. The summed E-state index contributed by atoms with van der Waals surface area (Å²) in [5, 5.41) is 21.3. The number of ether oxygens (including phenoxy) is 1. The molecule has 0 aliphatic rings. The van der Waals surface area contributed by atoms with Gasteiger partial charge >= 0.3 is 5.69 Å². The van der Waals surface area contributed by atoms with Gasteiger partial charge in [-0.05, 0) is 6.42 Å². The fourth-order valence-electron chi connectivity index (χ4n) is 1.20. The number of benzene rings is 1. The Morgan fingerprint density at radius 1 is 1.24 bits per heavy atom. The first-order valence-corrected chi connectivity index (χ1v) is 4.82. The molecule has 0 heterocycles. The molecule has 1 rings (SSSR count). The number of nitrogens with zero attached hydrogens (tertiary/aromatic N) is 2. The number of nitro benzene ring substituents is 2. The summed E-state index contributed by atoms with van der Waals surface area (Å²) in [7, 11) is 0. The summed E-state index contributed by atoms with van der Waals surface area (Å²) in [6, 6.07) is 1.91. The van der Waals surface area contributed by atoms with Crippen LogP contribution in [-0.2, 0) is 0 Å². The number of nitro groups is 2. The normalized spacial score (nSPS) is 9.94. The van der Waals surface area contributed by atoms with Crippen LogP contribution in [0, 0.1) is 20.2 Å². The summed E-state index contributed by atoms with van der Waals surface area (Å²) in [4.78, 5) is 19.8. The van der Waals surface area contributed by atoms with Crippen LogP contribution in [0.15, 0.2) is 12.1 Å². The molecule has 0 saturated carbocycles. The smallest absolute Gasteiger partial charge is 0.317 e. The van der Waals surface area contributed by atoms with Crippen molar-refractivity contribution in [1.82, 2.24) is 0 Å². The standard InChI is InChI=1S/C9H11N3O5/c1-2-3-17-9-4-6(10)7(11(13)14)5-8(9)12(15)16/h4-5H,2-3,10H2,1H3. The molecule has 0 aliphatic carbocycles. The Hall–Kier alpha value is -2.38.